The number of carbonyl (C=O) groups excluding carboxylic acids is 1. The highest BCUT2D eigenvalue weighted by Crippen LogP contribution is 2.54. The minimum atomic E-state index is -0.814. The number of hydrogen-bond acceptors (Lipinski definition) is 3. The van der Waals surface area contributed by atoms with Crippen LogP contribution in [-0.2, 0) is 16.0 Å². The Labute approximate surface area is 110 Å². The van der Waals surface area contributed by atoms with Crippen LogP contribution in [0.5, 0.6) is 0 Å². The third-order valence-corrected chi connectivity index (χ3v) is 4.19. The predicted molar refractivity (Wildman–Crippen MR) is 69.6 cm³/mol. The molecule has 1 heterocycles. The Morgan fingerprint density at radius 2 is 2.11 bits per heavy atom. The highest BCUT2D eigenvalue weighted by Gasteiger charge is 2.55. The Hall–Kier alpha value is -1.88. The Balaban J connectivity index is 1.91. The second kappa shape index (κ2) is 4.06. The molecular formula is C14H16N2O3. The van der Waals surface area contributed by atoms with Gasteiger partial charge in [0, 0.05) is 18.2 Å². The van der Waals surface area contributed by atoms with Crippen molar-refractivity contribution in [2.24, 2.45) is 11.1 Å². The van der Waals surface area contributed by atoms with Crippen molar-refractivity contribution in [1.82, 2.24) is 0 Å². The molecular weight excluding hydrogens is 244 g/mol. The quantitative estimate of drug-likeness (QED) is 0.766. The fourth-order valence-corrected chi connectivity index (χ4v) is 2.71. The minimum Gasteiger partial charge on any atom is -0.481 e. The van der Waals surface area contributed by atoms with Gasteiger partial charge in [-0.3, -0.25) is 9.59 Å². The molecule has 1 atom stereocenters. The Bertz CT molecular complexity index is 564. The molecule has 0 aromatic heterocycles. The van der Waals surface area contributed by atoms with Gasteiger partial charge in [0.1, 0.15) is 0 Å². The van der Waals surface area contributed by atoms with Crippen molar-refractivity contribution in [1.29, 1.82) is 0 Å². The van der Waals surface area contributed by atoms with Gasteiger partial charge in [-0.1, -0.05) is 12.1 Å². The van der Waals surface area contributed by atoms with Crippen LogP contribution in [0.4, 0.5) is 5.69 Å². The molecule has 3 rings (SSSR count). The van der Waals surface area contributed by atoms with E-state index in [-0.39, 0.29) is 5.91 Å². The lowest BCUT2D eigenvalue weighted by atomic mass is 9.88. The van der Waals surface area contributed by atoms with E-state index in [1.165, 1.54) is 0 Å². The van der Waals surface area contributed by atoms with E-state index in [0.29, 0.717) is 25.7 Å². The van der Waals surface area contributed by atoms with Crippen molar-refractivity contribution in [3.05, 3.63) is 29.3 Å². The van der Waals surface area contributed by atoms with Crippen LogP contribution in [0.3, 0.4) is 0 Å². The Morgan fingerprint density at radius 3 is 2.74 bits per heavy atom. The molecule has 0 bridgehead atoms. The zero-order valence-electron chi connectivity index (χ0n) is 10.5. The van der Waals surface area contributed by atoms with Crippen molar-refractivity contribution < 1.29 is 14.7 Å². The molecule has 1 unspecified atom stereocenters. The fourth-order valence-electron chi connectivity index (χ4n) is 2.71. The zero-order chi connectivity index (χ0) is 13.6. The van der Waals surface area contributed by atoms with E-state index in [1.54, 1.807) is 0 Å². The van der Waals surface area contributed by atoms with Gasteiger partial charge in [-0.25, -0.2) is 0 Å². The van der Waals surface area contributed by atoms with Gasteiger partial charge in [-0.15, -0.1) is 0 Å². The molecule has 0 saturated heterocycles. The first-order chi connectivity index (χ1) is 9.03. The molecule has 1 aliphatic heterocycles. The van der Waals surface area contributed by atoms with Gasteiger partial charge < -0.3 is 16.2 Å². The maximum absolute atomic E-state index is 11.3. The third-order valence-electron chi connectivity index (χ3n) is 4.19. The molecule has 1 amide bonds. The number of carbonyl (C=O) groups is 2. The van der Waals surface area contributed by atoms with Crippen LogP contribution in [0.1, 0.15) is 36.4 Å². The highest BCUT2D eigenvalue weighted by molar-refractivity contribution is 5.94. The van der Waals surface area contributed by atoms with E-state index in [4.69, 9.17) is 5.73 Å². The standard InChI is InChI=1S/C14H16N2O3/c15-12(14(5-6-14)13(18)19)9-1-3-10-8(7-9)2-4-11(17)16-10/h1,3,7,12H,2,4-6,15H2,(H,16,17)(H,18,19). The van der Waals surface area contributed by atoms with E-state index < -0.39 is 17.4 Å². The Morgan fingerprint density at radius 1 is 1.37 bits per heavy atom. The van der Waals surface area contributed by atoms with E-state index in [2.05, 4.69) is 5.32 Å². The van der Waals surface area contributed by atoms with Crippen LogP contribution in [0.15, 0.2) is 18.2 Å². The number of carboxylic acid groups (broad SMARTS) is 1. The number of benzene rings is 1. The summed E-state index contributed by atoms with van der Waals surface area (Å²) in [7, 11) is 0. The molecule has 5 nitrogen and oxygen atoms in total. The van der Waals surface area contributed by atoms with Crippen LogP contribution in [-0.4, -0.2) is 17.0 Å². The maximum atomic E-state index is 11.3. The smallest absolute Gasteiger partial charge is 0.311 e. The summed E-state index contributed by atoms with van der Waals surface area (Å²) in [6, 6.07) is 5.09. The van der Waals surface area contributed by atoms with Gasteiger partial charge in [0.2, 0.25) is 5.91 Å². The minimum absolute atomic E-state index is 0.0220. The van der Waals surface area contributed by atoms with Crippen LogP contribution in [0, 0.1) is 5.41 Å². The number of hydrogen-bond donors (Lipinski definition) is 3. The SMILES string of the molecule is NC(c1ccc2c(c1)CCC(=O)N2)C1(C(=O)O)CC1. The maximum Gasteiger partial charge on any atom is 0.311 e. The van der Waals surface area contributed by atoms with Gasteiger partial charge in [0.15, 0.2) is 0 Å². The summed E-state index contributed by atoms with van der Waals surface area (Å²) >= 11 is 0. The summed E-state index contributed by atoms with van der Waals surface area (Å²) in [6.45, 7) is 0. The van der Waals surface area contributed by atoms with E-state index in [9.17, 15) is 14.7 Å². The van der Waals surface area contributed by atoms with E-state index in [1.807, 2.05) is 18.2 Å². The number of fused-ring (bicyclic) bond motifs is 1. The molecule has 1 aromatic carbocycles. The molecule has 0 radical (unpaired) electrons. The van der Waals surface area contributed by atoms with Gasteiger partial charge in [0.25, 0.3) is 0 Å². The van der Waals surface area contributed by atoms with Gasteiger partial charge in [-0.05, 0) is 36.5 Å². The van der Waals surface area contributed by atoms with Crippen LogP contribution in [0.25, 0.3) is 0 Å². The lowest BCUT2D eigenvalue weighted by Gasteiger charge is -2.23. The number of carboxylic acids is 1. The summed E-state index contributed by atoms with van der Waals surface area (Å²) in [4.78, 5) is 22.6. The van der Waals surface area contributed by atoms with Gasteiger partial charge in [-0.2, -0.15) is 0 Å². The average Bonchev–Trinajstić information content (AvgIpc) is 3.18. The number of nitrogens with one attached hydrogen (secondary N) is 1. The summed E-state index contributed by atoms with van der Waals surface area (Å²) in [5, 5.41) is 12.1. The number of rotatable bonds is 3. The molecule has 0 spiro atoms. The second-order valence-electron chi connectivity index (χ2n) is 5.40. The van der Waals surface area contributed by atoms with E-state index in [0.717, 1.165) is 16.8 Å². The van der Waals surface area contributed by atoms with Crippen LogP contribution >= 0.6 is 0 Å². The van der Waals surface area contributed by atoms with Gasteiger partial charge >= 0.3 is 5.97 Å². The zero-order valence-corrected chi connectivity index (χ0v) is 10.5. The first-order valence-electron chi connectivity index (χ1n) is 6.44. The first-order valence-corrected chi connectivity index (χ1v) is 6.44. The molecule has 1 fully saturated rings. The summed E-state index contributed by atoms with van der Waals surface area (Å²) in [5.74, 6) is -0.792. The molecule has 19 heavy (non-hydrogen) atoms. The predicted octanol–water partition coefficient (Wildman–Crippen LogP) is 1.44. The topological polar surface area (TPSA) is 92.4 Å². The molecule has 5 heteroatoms. The normalized spacial score (nSPS) is 21.2. The number of amides is 1. The average molecular weight is 260 g/mol. The monoisotopic (exact) mass is 260 g/mol. The molecule has 2 aliphatic rings. The summed E-state index contributed by atoms with van der Waals surface area (Å²) in [5.41, 5.74) is 8.03. The summed E-state index contributed by atoms with van der Waals surface area (Å²) < 4.78 is 0. The number of anilines is 1. The lowest BCUT2D eigenvalue weighted by molar-refractivity contribution is -0.144. The van der Waals surface area contributed by atoms with Crippen molar-refractivity contribution >= 4 is 17.6 Å². The lowest BCUT2D eigenvalue weighted by Crippen LogP contribution is -2.30. The molecule has 1 aromatic rings. The van der Waals surface area contributed by atoms with Crippen molar-refractivity contribution in [3.63, 3.8) is 0 Å². The first kappa shape index (κ1) is 12.2. The van der Waals surface area contributed by atoms with Crippen LogP contribution in [0.2, 0.25) is 0 Å². The number of aliphatic carboxylic acids is 1. The number of nitrogens with two attached hydrogens (primary N) is 1. The largest absolute Gasteiger partial charge is 0.481 e. The number of aryl methyl sites for hydroxylation is 1. The Kier molecular flexibility index (Phi) is 2.60. The summed E-state index contributed by atoms with van der Waals surface area (Å²) in [6.07, 6.45) is 2.42. The van der Waals surface area contributed by atoms with Gasteiger partial charge in [0.05, 0.1) is 5.41 Å². The van der Waals surface area contributed by atoms with Crippen molar-refractivity contribution in [3.8, 4) is 0 Å². The van der Waals surface area contributed by atoms with Crippen LogP contribution < -0.4 is 11.1 Å². The van der Waals surface area contributed by atoms with Crippen molar-refractivity contribution in [2.75, 3.05) is 5.32 Å². The molecule has 100 valence electrons. The molecule has 4 N–H and O–H groups in total. The molecule has 1 saturated carbocycles. The van der Waals surface area contributed by atoms with E-state index >= 15 is 0 Å². The van der Waals surface area contributed by atoms with Crippen molar-refractivity contribution in [2.45, 2.75) is 31.7 Å². The second-order valence-corrected chi connectivity index (χ2v) is 5.40. The highest BCUT2D eigenvalue weighted by atomic mass is 16.4. The fraction of sp³-hybridized carbons (Fsp3) is 0.429. The molecule has 1 aliphatic carbocycles. The third kappa shape index (κ3) is 1.90.